The number of nitrogens with zero attached hydrogens (tertiary/aromatic N) is 3. The number of methoxy groups -OCH3 is 1. The van der Waals surface area contributed by atoms with Gasteiger partial charge in [0.25, 0.3) is 0 Å². The molecule has 0 atom stereocenters. The molecule has 1 aromatic carbocycles. The van der Waals surface area contributed by atoms with Crippen molar-refractivity contribution in [3.8, 4) is 5.75 Å². The highest BCUT2D eigenvalue weighted by molar-refractivity contribution is 9.10. The first-order valence-electron chi connectivity index (χ1n) is 7.81. The summed E-state index contributed by atoms with van der Waals surface area (Å²) in [5.41, 5.74) is 2.36. The molecule has 136 valence electrons. The van der Waals surface area contributed by atoms with Crippen LogP contribution in [0.1, 0.15) is 23.0 Å². The maximum absolute atomic E-state index is 12.1. The van der Waals surface area contributed by atoms with Crippen molar-refractivity contribution < 1.29 is 14.3 Å². The number of carbonyl (C=O) groups excluding carboxylic acids is 1. The Bertz CT molecular complexity index is 943. The maximum Gasteiger partial charge on any atom is 0.358 e. The second-order valence-corrected chi connectivity index (χ2v) is 6.43. The predicted molar refractivity (Wildman–Crippen MR) is 102 cm³/mol. The molecule has 2 heterocycles. The summed E-state index contributed by atoms with van der Waals surface area (Å²) in [6, 6.07) is 7.68. The molecule has 26 heavy (non-hydrogen) atoms. The zero-order valence-corrected chi connectivity index (χ0v) is 16.5. The summed E-state index contributed by atoms with van der Waals surface area (Å²) in [7, 11) is 1.62. The fraction of sp³-hybridized carbons (Fsp3) is 0.235. The number of carbonyl (C=O) groups is 1. The van der Waals surface area contributed by atoms with Crippen molar-refractivity contribution >= 4 is 44.8 Å². The van der Waals surface area contributed by atoms with Gasteiger partial charge in [-0.2, -0.15) is 5.10 Å². The average Bonchev–Trinajstić information content (AvgIpc) is 3.06. The molecular formula is C17H16BrClN4O3. The van der Waals surface area contributed by atoms with Gasteiger partial charge in [0, 0.05) is 6.54 Å². The van der Waals surface area contributed by atoms with Crippen LogP contribution in [0.25, 0.3) is 5.65 Å². The van der Waals surface area contributed by atoms with E-state index < -0.39 is 5.97 Å². The van der Waals surface area contributed by atoms with E-state index in [0.717, 1.165) is 11.3 Å². The highest BCUT2D eigenvalue weighted by atomic mass is 79.9. The molecule has 2 aromatic heterocycles. The lowest BCUT2D eigenvalue weighted by Crippen LogP contribution is -2.11. The van der Waals surface area contributed by atoms with Gasteiger partial charge in [0.15, 0.2) is 16.5 Å². The number of fused-ring (bicyclic) bond motifs is 1. The van der Waals surface area contributed by atoms with E-state index in [1.165, 1.54) is 10.7 Å². The summed E-state index contributed by atoms with van der Waals surface area (Å²) in [6.45, 7) is 2.53. The monoisotopic (exact) mass is 438 g/mol. The Kier molecular flexibility index (Phi) is 5.63. The number of hydrogen-bond acceptors (Lipinski definition) is 6. The van der Waals surface area contributed by atoms with Gasteiger partial charge in [-0.05, 0) is 40.5 Å². The van der Waals surface area contributed by atoms with Crippen molar-refractivity contribution in [3.63, 3.8) is 0 Å². The van der Waals surface area contributed by atoms with E-state index >= 15 is 0 Å². The Morgan fingerprint density at radius 3 is 2.73 bits per heavy atom. The quantitative estimate of drug-likeness (QED) is 0.586. The lowest BCUT2D eigenvalue weighted by molar-refractivity contribution is 0.0516. The van der Waals surface area contributed by atoms with Gasteiger partial charge < -0.3 is 14.8 Å². The summed E-state index contributed by atoms with van der Waals surface area (Å²) >= 11 is 9.64. The van der Waals surface area contributed by atoms with Crippen LogP contribution in [0.15, 0.2) is 34.9 Å². The van der Waals surface area contributed by atoms with Gasteiger partial charge in [0.1, 0.15) is 5.75 Å². The number of aromatic nitrogens is 3. The minimum Gasteiger partial charge on any atom is -0.497 e. The van der Waals surface area contributed by atoms with Gasteiger partial charge in [-0.25, -0.2) is 14.3 Å². The standard InChI is InChI=1S/C17H16BrClN4O3/c1-3-26-17(24)12-9-21-16-14(13(18)15(19)22-23(12)16)20-8-10-4-6-11(25-2)7-5-10/h4-7,9,20H,3,8H2,1-2H3. The van der Waals surface area contributed by atoms with E-state index in [4.69, 9.17) is 21.1 Å². The molecule has 0 bridgehead atoms. The highest BCUT2D eigenvalue weighted by Gasteiger charge is 2.20. The van der Waals surface area contributed by atoms with Crippen LogP contribution in [-0.4, -0.2) is 34.3 Å². The van der Waals surface area contributed by atoms with Gasteiger partial charge in [0.05, 0.1) is 30.1 Å². The fourth-order valence-corrected chi connectivity index (χ4v) is 2.95. The molecule has 0 unspecified atom stereocenters. The van der Waals surface area contributed by atoms with E-state index in [-0.39, 0.29) is 17.5 Å². The number of nitrogens with one attached hydrogen (secondary N) is 1. The zero-order valence-electron chi connectivity index (χ0n) is 14.1. The van der Waals surface area contributed by atoms with Crippen molar-refractivity contribution in [2.24, 2.45) is 0 Å². The smallest absolute Gasteiger partial charge is 0.358 e. The Morgan fingerprint density at radius 1 is 1.35 bits per heavy atom. The summed E-state index contributed by atoms with van der Waals surface area (Å²) in [5, 5.41) is 7.69. The maximum atomic E-state index is 12.1. The number of halogens is 2. The molecule has 0 radical (unpaired) electrons. The van der Waals surface area contributed by atoms with Crippen LogP contribution in [0.2, 0.25) is 5.15 Å². The molecule has 0 amide bonds. The largest absolute Gasteiger partial charge is 0.497 e. The van der Waals surface area contributed by atoms with Gasteiger partial charge in [0.2, 0.25) is 0 Å². The SMILES string of the molecule is CCOC(=O)c1cnc2c(NCc3ccc(OC)cc3)c(Br)c(Cl)nn12. The fourth-order valence-electron chi connectivity index (χ4n) is 2.39. The van der Waals surface area contributed by atoms with Crippen molar-refractivity contribution in [1.29, 1.82) is 0 Å². The Balaban J connectivity index is 1.93. The first-order valence-corrected chi connectivity index (χ1v) is 8.99. The number of benzene rings is 1. The van der Waals surface area contributed by atoms with E-state index in [2.05, 4.69) is 31.3 Å². The number of imidazole rings is 1. The van der Waals surface area contributed by atoms with Crippen molar-refractivity contribution in [3.05, 3.63) is 51.3 Å². The molecule has 0 aliphatic rings. The molecule has 0 saturated carbocycles. The summed E-state index contributed by atoms with van der Waals surface area (Å²) < 4.78 is 12.1. The summed E-state index contributed by atoms with van der Waals surface area (Å²) in [4.78, 5) is 16.3. The molecule has 1 N–H and O–H groups in total. The summed E-state index contributed by atoms with van der Waals surface area (Å²) in [5.74, 6) is 0.281. The molecule has 0 saturated heterocycles. The number of rotatable bonds is 6. The van der Waals surface area contributed by atoms with E-state index in [1.807, 2.05) is 24.3 Å². The third-order valence-corrected chi connectivity index (χ3v) is 4.93. The average molecular weight is 440 g/mol. The van der Waals surface area contributed by atoms with Gasteiger partial charge in [-0.15, -0.1) is 0 Å². The Labute approximate surface area is 163 Å². The second-order valence-electron chi connectivity index (χ2n) is 5.28. The molecule has 3 rings (SSSR count). The molecule has 0 fully saturated rings. The number of anilines is 1. The number of hydrogen-bond donors (Lipinski definition) is 1. The lowest BCUT2D eigenvalue weighted by atomic mass is 10.2. The van der Waals surface area contributed by atoms with Crippen LogP contribution in [0.5, 0.6) is 5.75 Å². The van der Waals surface area contributed by atoms with Crippen LogP contribution in [0.3, 0.4) is 0 Å². The molecule has 0 aliphatic heterocycles. The molecular weight excluding hydrogens is 424 g/mol. The second kappa shape index (κ2) is 7.92. The van der Waals surface area contributed by atoms with Crippen LogP contribution < -0.4 is 10.1 Å². The molecule has 0 spiro atoms. The molecule has 0 aliphatic carbocycles. The Morgan fingerprint density at radius 2 is 2.08 bits per heavy atom. The number of ether oxygens (including phenoxy) is 2. The first-order chi connectivity index (χ1) is 12.5. The number of esters is 1. The minimum absolute atomic E-state index is 0.207. The van der Waals surface area contributed by atoms with E-state index in [1.54, 1.807) is 14.0 Å². The third kappa shape index (κ3) is 3.61. The van der Waals surface area contributed by atoms with Crippen molar-refractivity contribution in [2.45, 2.75) is 13.5 Å². The van der Waals surface area contributed by atoms with Gasteiger partial charge in [-0.1, -0.05) is 23.7 Å². The Hall–Kier alpha value is -2.32. The van der Waals surface area contributed by atoms with Crippen LogP contribution in [0, 0.1) is 0 Å². The van der Waals surface area contributed by atoms with E-state index in [0.29, 0.717) is 22.4 Å². The zero-order chi connectivity index (χ0) is 18.7. The molecule has 7 nitrogen and oxygen atoms in total. The van der Waals surface area contributed by atoms with Gasteiger partial charge >= 0.3 is 5.97 Å². The van der Waals surface area contributed by atoms with Crippen LogP contribution in [0.4, 0.5) is 5.69 Å². The minimum atomic E-state index is -0.507. The highest BCUT2D eigenvalue weighted by Crippen LogP contribution is 2.32. The first kappa shape index (κ1) is 18.5. The van der Waals surface area contributed by atoms with Crippen LogP contribution in [-0.2, 0) is 11.3 Å². The van der Waals surface area contributed by atoms with E-state index in [9.17, 15) is 4.79 Å². The lowest BCUT2D eigenvalue weighted by Gasteiger charge is -2.12. The van der Waals surface area contributed by atoms with Crippen molar-refractivity contribution in [2.75, 3.05) is 19.0 Å². The predicted octanol–water partition coefficient (Wildman–Crippen LogP) is 3.94. The summed E-state index contributed by atoms with van der Waals surface area (Å²) in [6.07, 6.45) is 1.42. The molecule has 9 heteroatoms. The third-order valence-electron chi connectivity index (χ3n) is 3.66. The molecule has 3 aromatic rings. The normalized spacial score (nSPS) is 10.8. The van der Waals surface area contributed by atoms with Crippen molar-refractivity contribution in [1.82, 2.24) is 14.6 Å². The van der Waals surface area contributed by atoms with Gasteiger partial charge in [-0.3, -0.25) is 0 Å². The van der Waals surface area contributed by atoms with Crippen LogP contribution >= 0.6 is 27.5 Å². The topological polar surface area (TPSA) is 77.8 Å².